The third kappa shape index (κ3) is 4.06. The van der Waals surface area contributed by atoms with Crippen LogP contribution in [0.2, 0.25) is 0 Å². The highest BCUT2D eigenvalue weighted by atomic mass is 32.2. The molecule has 142 valence electrons. The molecule has 2 aromatic heterocycles. The van der Waals surface area contributed by atoms with Crippen molar-refractivity contribution in [1.82, 2.24) is 9.55 Å². The molecule has 2 N–H and O–H groups in total. The molecule has 0 bridgehead atoms. The highest BCUT2D eigenvalue weighted by Gasteiger charge is 2.20. The van der Waals surface area contributed by atoms with E-state index in [1.54, 1.807) is 23.6 Å². The van der Waals surface area contributed by atoms with Crippen LogP contribution < -0.4 is 11.3 Å². The van der Waals surface area contributed by atoms with Crippen LogP contribution in [0.5, 0.6) is 0 Å². The van der Waals surface area contributed by atoms with Gasteiger partial charge in [0.1, 0.15) is 10.6 Å². The Kier molecular flexibility index (Phi) is 5.96. The van der Waals surface area contributed by atoms with E-state index in [4.69, 9.17) is 5.73 Å². The Morgan fingerprint density at radius 1 is 1.37 bits per heavy atom. The number of carbonyl (C=O) groups excluding carboxylic acids is 1. The van der Waals surface area contributed by atoms with E-state index in [0.717, 1.165) is 24.0 Å². The zero-order valence-corrected chi connectivity index (χ0v) is 16.7. The maximum absolute atomic E-state index is 13.3. The number of halogens is 1. The van der Waals surface area contributed by atoms with E-state index in [9.17, 15) is 14.0 Å². The van der Waals surface area contributed by atoms with Gasteiger partial charge in [-0.1, -0.05) is 37.2 Å². The maximum Gasteiger partial charge on any atom is 0.263 e. The normalized spacial score (nSPS) is 12.4. The Labute approximate surface area is 164 Å². The molecule has 0 aliphatic heterocycles. The van der Waals surface area contributed by atoms with Crippen molar-refractivity contribution in [3.63, 3.8) is 0 Å². The number of rotatable bonds is 7. The number of nitrogens with zero attached hydrogens (tertiary/aromatic N) is 2. The van der Waals surface area contributed by atoms with Gasteiger partial charge in [0, 0.05) is 17.5 Å². The summed E-state index contributed by atoms with van der Waals surface area (Å²) < 4.78 is 14.9. The third-order valence-corrected chi connectivity index (χ3v) is 6.21. The molecule has 0 saturated heterocycles. The lowest BCUT2D eigenvalue weighted by Gasteiger charge is -2.14. The Hall–Kier alpha value is -2.19. The minimum atomic E-state index is -0.487. The third-order valence-electron chi connectivity index (χ3n) is 4.23. The lowest BCUT2D eigenvalue weighted by atomic mass is 10.1. The summed E-state index contributed by atoms with van der Waals surface area (Å²) in [7, 11) is 0. The second kappa shape index (κ2) is 8.22. The molecule has 0 radical (unpaired) electrons. The van der Waals surface area contributed by atoms with Gasteiger partial charge in [0.05, 0.1) is 10.6 Å². The molecule has 2 heterocycles. The first-order valence-corrected chi connectivity index (χ1v) is 10.4. The molecule has 0 spiro atoms. The molecule has 0 saturated carbocycles. The Morgan fingerprint density at radius 3 is 2.70 bits per heavy atom. The lowest BCUT2D eigenvalue weighted by Crippen LogP contribution is -2.27. The molecule has 1 amide bonds. The van der Waals surface area contributed by atoms with E-state index in [1.807, 2.05) is 12.3 Å². The van der Waals surface area contributed by atoms with Crippen LogP contribution >= 0.6 is 23.1 Å². The molecule has 1 atom stereocenters. The van der Waals surface area contributed by atoms with Crippen LogP contribution in [-0.4, -0.2) is 20.7 Å². The number of nitrogens with two attached hydrogens (primary N) is 1. The first-order chi connectivity index (χ1) is 12.9. The van der Waals surface area contributed by atoms with E-state index in [-0.39, 0.29) is 11.4 Å². The topological polar surface area (TPSA) is 78.0 Å². The van der Waals surface area contributed by atoms with Gasteiger partial charge in [-0.05, 0) is 31.0 Å². The van der Waals surface area contributed by atoms with E-state index >= 15 is 0 Å². The Bertz CT molecular complexity index is 1030. The van der Waals surface area contributed by atoms with Crippen molar-refractivity contribution in [2.45, 2.75) is 43.6 Å². The Morgan fingerprint density at radius 2 is 2.07 bits per heavy atom. The van der Waals surface area contributed by atoms with Crippen molar-refractivity contribution in [3.05, 3.63) is 45.8 Å². The summed E-state index contributed by atoms with van der Waals surface area (Å²) in [6, 6.07) is 6.07. The second-order valence-electron chi connectivity index (χ2n) is 6.20. The average molecular weight is 406 g/mol. The number of primary amides is 1. The van der Waals surface area contributed by atoms with E-state index in [1.165, 1.54) is 35.2 Å². The van der Waals surface area contributed by atoms with Crippen molar-refractivity contribution in [3.8, 4) is 11.1 Å². The van der Waals surface area contributed by atoms with Gasteiger partial charge in [0.2, 0.25) is 5.91 Å². The summed E-state index contributed by atoms with van der Waals surface area (Å²) in [6.07, 6.45) is 1.75. The maximum atomic E-state index is 13.3. The number of amides is 1. The number of carbonyl (C=O) groups is 1. The first kappa shape index (κ1) is 19.6. The standard InChI is InChI=1S/C19H20FN3O2S2/c1-3-4-9-23-18(25)15-14(12-5-7-13(20)8-6-12)10-26-17(15)22-19(23)27-11(2)16(21)24/h5-8,10-11H,3-4,9H2,1-2H3,(H2,21,24). The van der Waals surface area contributed by atoms with Gasteiger partial charge in [-0.2, -0.15) is 0 Å². The average Bonchev–Trinajstić information content (AvgIpc) is 3.06. The molecule has 0 aliphatic carbocycles. The van der Waals surface area contributed by atoms with Gasteiger partial charge in [-0.15, -0.1) is 11.3 Å². The van der Waals surface area contributed by atoms with Gasteiger partial charge in [0.15, 0.2) is 5.16 Å². The quantitative estimate of drug-likeness (QED) is 0.475. The molecule has 1 unspecified atom stereocenters. The highest BCUT2D eigenvalue weighted by Crippen LogP contribution is 2.33. The molecule has 0 aliphatic rings. The van der Waals surface area contributed by atoms with Gasteiger partial charge < -0.3 is 5.73 Å². The molecule has 3 aromatic rings. The predicted octanol–water partition coefficient (Wildman–Crippen LogP) is 4.03. The summed E-state index contributed by atoms with van der Waals surface area (Å²) in [5, 5.41) is 2.40. The molecule has 27 heavy (non-hydrogen) atoms. The van der Waals surface area contributed by atoms with Crippen molar-refractivity contribution in [2.75, 3.05) is 0 Å². The number of thiophene rings is 1. The Balaban J connectivity index is 2.17. The van der Waals surface area contributed by atoms with Crippen molar-refractivity contribution >= 4 is 39.2 Å². The first-order valence-electron chi connectivity index (χ1n) is 8.66. The van der Waals surface area contributed by atoms with Gasteiger partial charge in [0.25, 0.3) is 5.56 Å². The SMILES string of the molecule is CCCCn1c(SC(C)C(N)=O)nc2scc(-c3ccc(F)cc3)c2c1=O. The minimum Gasteiger partial charge on any atom is -0.369 e. The van der Waals surface area contributed by atoms with Crippen LogP contribution in [0.15, 0.2) is 39.6 Å². The molecule has 3 rings (SSSR count). The smallest absolute Gasteiger partial charge is 0.263 e. The van der Waals surface area contributed by atoms with Crippen LogP contribution in [0.3, 0.4) is 0 Å². The summed E-state index contributed by atoms with van der Waals surface area (Å²) in [6.45, 7) is 4.26. The fraction of sp³-hybridized carbons (Fsp3) is 0.316. The molecular weight excluding hydrogens is 385 g/mol. The van der Waals surface area contributed by atoms with E-state index < -0.39 is 11.2 Å². The lowest BCUT2D eigenvalue weighted by molar-refractivity contribution is -0.117. The van der Waals surface area contributed by atoms with Gasteiger partial charge in [-0.3, -0.25) is 14.2 Å². The van der Waals surface area contributed by atoms with Crippen LogP contribution in [0.1, 0.15) is 26.7 Å². The molecular formula is C19H20FN3O2S2. The number of unbranched alkanes of at least 4 members (excludes halogenated alkanes) is 1. The van der Waals surface area contributed by atoms with E-state index in [2.05, 4.69) is 4.98 Å². The molecule has 8 heteroatoms. The monoisotopic (exact) mass is 405 g/mol. The number of benzene rings is 1. The van der Waals surface area contributed by atoms with Crippen LogP contribution in [0.4, 0.5) is 4.39 Å². The second-order valence-corrected chi connectivity index (χ2v) is 8.37. The number of fused-ring (bicyclic) bond motifs is 1. The van der Waals surface area contributed by atoms with Crippen LogP contribution in [0, 0.1) is 5.82 Å². The zero-order valence-electron chi connectivity index (χ0n) is 15.1. The van der Waals surface area contributed by atoms with Crippen molar-refractivity contribution in [2.24, 2.45) is 5.73 Å². The van der Waals surface area contributed by atoms with Crippen LogP contribution in [-0.2, 0) is 11.3 Å². The number of thioether (sulfide) groups is 1. The zero-order chi connectivity index (χ0) is 19.6. The molecule has 0 fully saturated rings. The number of hydrogen-bond donors (Lipinski definition) is 1. The molecule has 5 nitrogen and oxygen atoms in total. The summed E-state index contributed by atoms with van der Waals surface area (Å²) in [5.41, 5.74) is 6.75. The van der Waals surface area contributed by atoms with Gasteiger partial charge in [-0.25, -0.2) is 9.37 Å². The van der Waals surface area contributed by atoms with Crippen LogP contribution in [0.25, 0.3) is 21.3 Å². The highest BCUT2D eigenvalue weighted by molar-refractivity contribution is 8.00. The largest absolute Gasteiger partial charge is 0.369 e. The number of hydrogen-bond acceptors (Lipinski definition) is 5. The minimum absolute atomic E-state index is 0.145. The fourth-order valence-corrected chi connectivity index (χ4v) is 4.54. The fourth-order valence-electron chi connectivity index (χ4n) is 2.67. The van der Waals surface area contributed by atoms with Crippen molar-refractivity contribution < 1.29 is 9.18 Å². The predicted molar refractivity (Wildman–Crippen MR) is 109 cm³/mol. The van der Waals surface area contributed by atoms with E-state index in [0.29, 0.717) is 21.9 Å². The van der Waals surface area contributed by atoms with Crippen molar-refractivity contribution in [1.29, 1.82) is 0 Å². The van der Waals surface area contributed by atoms with Gasteiger partial charge >= 0.3 is 0 Å². The summed E-state index contributed by atoms with van der Waals surface area (Å²) >= 11 is 2.56. The summed E-state index contributed by atoms with van der Waals surface area (Å²) in [4.78, 5) is 29.9. The summed E-state index contributed by atoms with van der Waals surface area (Å²) in [5.74, 6) is -0.773. The number of aromatic nitrogens is 2. The molecule has 1 aromatic carbocycles.